The molecule has 0 bridgehead atoms. The Balaban J connectivity index is 2.50. The van der Waals surface area contributed by atoms with Crippen LogP contribution in [0.1, 0.15) is 45.4 Å². The van der Waals surface area contributed by atoms with Gasteiger partial charge in [-0.05, 0) is 38.1 Å². The topological polar surface area (TPSA) is 83.6 Å². The molecule has 0 saturated carbocycles. The Labute approximate surface area is 108 Å². The lowest BCUT2D eigenvalue weighted by atomic mass is 9.90. The number of carbonyl (C=O) groups is 2. The van der Waals surface area contributed by atoms with Crippen molar-refractivity contribution in [2.75, 3.05) is 13.1 Å². The van der Waals surface area contributed by atoms with Crippen molar-refractivity contribution in [3.63, 3.8) is 0 Å². The first-order valence-electron chi connectivity index (χ1n) is 6.80. The van der Waals surface area contributed by atoms with Gasteiger partial charge in [-0.15, -0.1) is 0 Å². The van der Waals surface area contributed by atoms with Gasteiger partial charge in [0, 0.05) is 13.0 Å². The molecule has 2 unspecified atom stereocenters. The van der Waals surface area contributed by atoms with E-state index in [0.717, 1.165) is 32.1 Å². The molecule has 0 aromatic heterocycles. The highest BCUT2D eigenvalue weighted by Gasteiger charge is 2.36. The van der Waals surface area contributed by atoms with Crippen molar-refractivity contribution in [2.24, 2.45) is 11.7 Å². The highest BCUT2D eigenvalue weighted by atomic mass is 16.4. The summed E-state index contributed by atoms with van der Waals surface area (Å²) >= 11 is 0. The van der Waals surface area contributed by atoms with Crippen LogP contribution in [0.2, 0.25) is 0 Å². The molecule has 1 fully saturated rings. The third-order valence-corrected chi connectivity index (χ3v) is 3.60. The van der Waals surface area contributed by atoms with Crippen LogP contribution in [0.3, 0.4) is 0 Å². The van der Waals surface area contributed by atoms with Gasteiger partial charge in [0.2, 0.25) is 5.91 Å². The van der Waals surface area contributed by atoms with Crippen LogP contribution in [-0.2, 0) is 9.59 Å². The van der Waals surface area contributed by atoms with E-state index in [-0.39, 0.29) is 11.8 Å². The number of carboxylic acids is 1. The molecule has 0 aromatic carbocycles. The van der Waals surface area contributed by atoms with Crippen molar-refractivity contribution in [3.05, 3.63) is 0 Å². The van der Waals surface area contributed by atoms with Crippen molar-refractivity contribution in [2.45, 2.75) is 51.5 Å². The number of nitrogens with zero attached hydrogens (tertiary/aromatic N) is 1. The van der Waals surface area contributed by atoms with Gasteiger partial charge in [-0.25, -0.2) is 4.79 Å². The van der Waals surface area contributed by atoms with E-state index in [0.29, 0.717) is 19.5 Å². The average Bonchev–Trinajstić information content (AvgIpc) is 2.33. The van der Waals surface area contributed by atoms with Crippen LogP contribution in [0.15, 0.2) is 0 Å². The number of nitrogens with two attached hydrogens (primary N) is 1. The monoisotopic (exact) mass is 256 g/mol. The summed E-state index contributed by atoms with van der Waals surface area (Å²) in [5.74, 6) is -0.854. The first-order chi connectivity index (χ1) is 8.57. The number of carbonyl (C=O) groups excluding carboxylic acids is 1. The van der Waals surface area contributed by atoms with Gasteiger partial charge in [0.1, 0.15) is 6.04 Å². The minimum Gasteiger partial charge on any atom is -0.480 e. The Bertz CT molecular complexity index is 294. The minimum absolute atomic E-state index is 0.0222. The SMILES string of the molecule is CC1CCCN(C(=O)CCCCCN)C1C(=O)O. The van der Waals surface area contributed by atoms with E-state index >= 15 is 0 Å². The Morgan fingerprint density at radius 2 is 2.06 bits per heavy atom. The van der Waals surface area contributed by atoms with E-state index in [9.17, 15) is 14.7 Å². The van der Waals surface area contributed by atoms with Crippen LogP contribution in [-0.4, -0.2) is 41.0 Å². The van der Waals surface area contributed by atoms with E-state index in [1.807, 2.05) is 6.92 Å². The first kappa shape index (κ1) is 15.0. The number of carboxylic acid groups (broad SMARTS) is 1. The fourth-order valence-corrected chi connectivity index (χ4v) is 2.59. The quantitative estimate of drug-likeness (QED) is 0.700. The molecule has 0 aromatic rings. The summed E-state index contributed by atoms with van der Waals surface area (Å²) < 4.78 is 0. The summed E-state index contributed by atoms with van der Waals surface area (Å²) in [6.45, 7) is 3.14. The maximum absolute atomic E-state index is 12.1. The molecule has 0 spiro atoms. The van der Waals surface area contributed by atoms with Gasteiger partial charge in [-0.3, -0.25) is 4.79 Å². The number of aliphatic carboxylic acids is 1. The van der Waals surface area contributed by atoms with Crippen molar-refractivity contribution >= 4 is 11.9 Å². The zero-order valence-electron chi connectivity index (χ0n) is 11.1. The normalized spacial score (nSPS) is 24.0. The average molecular weight is 256 g/mol. The molecule has 104 valence electrons. The second-order valence-corrected chi connectivity index (χ2v) is 5.09. The zero-order chi connectivity index (χ0) is 13.5. The molecule has 0 radical (unpaired) electrons. The van der Waals surface area contributed by atoms with Gasteiger partial charge >= 0.3 is 5.97 Å². The molecule has 5 nitrogen and oxygen atoms in total. The Morgan fingerprint density at radius 3 is 2.67 bits per heavy atom. The molecular formula is C13H24N2O3. The summed E-state index contributed by atoms with van der Waals surface area (Å²) in [6, 6.07) is -0.638. The standard InChI is InChI=1S/C13H24N2O3/c1-10-6-5-9-15(12(10)13(17)18)11(16)7-3-2-4-8-14/h10,12H,2-9,14H2,1H3,(H,17,18). The second kappa shape index (κ2) is 7.36. The largest absolute Gasteiger partial charge is 0.480 e. The molecule has 1 rings (SSSR count). The lowest BCUT2D eigenvalue weighted by molar-refractivity contribution is -0.154. The van der Waals surface area contributed by atoms with Crippen LogP contribution in [0, 0.1) is 5.92 Å². The van der Waals surface area contributed by atoms with Crippen molar-refractivity contribution < 1.29 is 14.7 Å². The highest BCUT2D eigenvalue weighted by Crippen LogP contribution is 2.24. The lowest BCUT2D eigenvalue weighted by Crippen LogP contribution is -2.51. The Morgan fingerprint density at radius 1 is 1.33 bits per heavy atom. The maximum atomic E-state index is 12.1. The molecule has 1 saturated heterocycles. The van der Waals surface area contributed by atoms with Crippen LogP contribution in [0.25, 0.3) is 0 Å². The van der Waals surface area contributed by atoms with Gasteiger partial charge in [0.05, 0.1) is 0 Å². The number of likely N-dealkylation sites (tertiary alicyclic amines) is 1. The fourth-order valence-electron chi connectivity index (χ4n) is 2.59. The summed E-state index contributed by atoms with van der Waals surface area (Å²) in [4.78, 5) is 24.9. The maximum Gasteiger partial charge on any atom is 0.326 e. The number of amides is 1. The van der Waals surface area contributed by atoms with Crippen molar-refractivity contribution in [1.82, 2.24) is 4.90 Å². The number of rotatable bonds is 6. The third kappa shape index (κ3) is 3.98. The molecule has 0 aliphatic carbocycles. The predicted molar refractivity (Wildman–Crippen MR) is 69.1 cm³/mol. The summed E-state index contributed by atoms with van der Waals surface area (Å²) in [7, 11) is 0. The Kier molecular flexibility index (Phi) is 6.12. The molecule has 3 N–H and O–H groups in total. The molecule has 2 atom stereocenters. The summed E-state index contributed by atoms with van der Waals surface area (Å²) in [5.41, 5.74) is 5.40. The van der Waals surface area contributed by atoms with E-state index < -0.39 is 12.0 Å². The minimum atomic E-state index is -0.877. The van der Waals surface area contributed by atoms with Crippen LogP contribution < -0.4 is 5.73 Å². The fraction of sp³-hybridized carbons (Fsp3) is 0.846. The lowest BCUT2D eigenvalue weighted by Gasteiger charge is -2.37. The second-order valence-electron chi connectivity index (χ2n) is 5.09. The molecule has 1 aliphatic heterocycles. The van der Waals surface area contributed by atoms with Crippen LogP contribution in [0.5, 0.6) is 0 Å². The summed E-state index contributed by atoms with van der Waals surface area (Å²) in [6.07, 6.45) is 4.88. The highest BCUT2D eigenvalue weighted by molar-refractivity contribution is 5.84. The van der Waals surface area contributed by atoms with Crippen molar-refractivity contribution in [3.8, 4) is 0 Å². The molecule has 1 amide bonds. The predicted octanol–water partition coefficient (Wildman–Crippen LogP) is 1.22. The van der Waals surface area contributed by atoms with Gasteiger partial charge < -0.3 is 15.7 Å². The van der Waals surface area contributed by atoms with E-state index in [4.69, 9.17) is 5.73 Å². The number of hydrogen-bond acceptors (Lipinski definition) is 3. The molecular weight excluding hydrogens is 232 g/mol. The van der Waals surface area contributed by atoms with Gasteiger partial charge in [-0.1, -0.05) is 13.3 Å². The third-order valence-electron chi connectivity index (χ3n) is 3.60. The number of unbranched alkanes of at least 4 members (excludes halogenated alkanes) is 2. The number of hydrogen-bond donors (Lipinski definition) is 2. The molecule has 1 heterocycles. The number of piperidine rings is 1. The van der Waals surface area contributed by atoms with Crippen molar-refractivity contribution in [1.29, 1.82) is 0 Å². The zero-order valence-corrected chi connectivity index (χ0v) is 11.1. The van der Waals surface area contributed by atoms with Gasteiger partial charge in [0.25, 0.3) is 0 Å². The van der Waals surface area contributed by atoms with Gasteiger partial charge in [0.15, 0.2) is 0 Å². The van der Waals surface area contributed by atoms with E-state index in [2.05, 4.69) is 0 Å². The van der Waals surface area contributed by atoms with Gasteiger partial charge in [-0.2, -0.15) is 0 Å². The van der Waals surface area contributed by atoms with E-state index in [1.54, 1.807) is 4.90 Å². The summed E-state index contributed by atoms with van der Waals surface area (Å²) in [5, 5.41) is 9.23. The molecule has 5 heteroatoms. The smallest absolute Gasteiger partial charge is 0.326 e. The van der Waals surface area contributed by atoms with Crippen LogP contribution in [0.4, 0.5) is 0 Å². The molecule has 1 aliphatic rings. The van der Waals surface area contributed by atoms with E-state index in [1.165, 1.54) is 0 Å². The first-order valence-corrected chi connectivity index (χ1v) is 6.80. The molecule has 18 heavy (non-hydrogen) atoms. The van der Waals surface area contributed by atoms with Crippen LogP contribution >= 0.6 is 0 Å². The Hall–Kier alpha value is -1.10.